The monoisotopic (exact) mass is 234 g/mol. The quantitative estimate of drug-likeness (QED) is 0.646. The number of nitrogens with zero attached hydrogens (tertiary/aromatic N) is 1. The smallest absolute Gasteiger partial charge is 0.0693 e. The minimum Gasteiger partial charge on any atom is -0.396 e. The van der Waals surface area contributed by atoms with Gasteiger partial charge in [-0.1, -0.05) is 23.2 Å². The lowest BCUT2D eigenvalue weighted by molar-refractivity contribution is -0.116. The molecule has 0 fully saturated rings. The van der Waals surface area contributed by atoms with Gasteiger partial charge in [-0.15, -0.1) is 0 Å². The molecule has 0 unspecified atom stereocenters. The highest BCUT2D eigenvalue weighted by Crippen LogP contribution is 2.29. The molecule has 0 saturated heterocycles. The molecule has 1 rings (SSSR count). The van der Waals surface area contributed by atoms with Crippen LogP contribution in [0.1, 0.15) is 5.56 Å². The third-order valence-corrected chi connectivity index (χ3v) is 2.48. The fourth-order valence-electron chi connectivity index (χ4n) is 1.05. The number of hydrogen-bond acceptors (Lipinski definition) is 3. The molecule has 0 bridgehead atoms. The van der Waals surface area contributed by atoms with Gasteiger partial charge in [0.05, 0.1) is 22.8 Å². The summed E-state index contributed by atoms with van der Waals surface area (Å²) >= 11 is 11.8. The van der Waals surface area contributed by atoms with E-state index >= 15 is 0 Å². The van der Waals surface area contributed by atoms with Crippen molar-refractivity contribution in [3.05, 3.63) is 27.7 Å². The molecule has 0 aromatic heterocycles. The zero-order chi connectivity index (χ0) is 10.7. The van der Waals surface area contributed by atoms with Crippen molar-refractivity contribution in [3.63, 3.8) is 0 Å². The summed E-state index contributed by atoms with van der Waals surface area (Å²) in [5.74, 6) is 0. The zero-order valence-corrected chi connectivity index (χ0v) is 9.56. The van der Waals surface area contributed by atoms with Gasteiger partial charge in [-0.3, -0.25) is 0 Å². The Morgan fingerprint density at radius 3 is 2.29 bits per heavy atom. The largest absolute Gasteiger partial charge is 0.396 e. The highest BCUT2D eigenvalue weighted by molar-refractivity contribution is 6.38. The van der Waals surface area contributed by atoms with Crippen LogP contribution < -0.4 is 5.73 Å². The first kappa shape index (κ1) is 11.6. The molecule has 0 saturated carbocycles. The van der Waals surface area contributed by atoms with E-state index in [9.17, 15) is 0 Å². The average molecular weight is 235 g/mol. The van der Waals surface area contributed by atoms with E-state index in [0.29, 0.717) is 22.3 Å². The van der Waals surface area contributed by atoms with Crippen molar-refractivity contribution in [3.8, 4) is 0 Å². The second kappa shape index (κ2) is 4.84. The van der Waals surface area contributed by atoms with Crippen molar-refractivity contribution in [1.29, 1.82) is 0 Å². The number of rotatable bonds is 3. The van der Waals surface area contributed by atoms with Gasteiger partial charge in [0.2, 0.25) is 0 Å². The summed E-state index contributed by atoms with van der Waals surface area (Å²) in [6, 6.07) is 3.55. The van der Waals surface area contributed by atoms with Gasteiger partial charge in [-0.2, -0.15) is 5.06 Å². The molecular weight excluding hydrogens is 223 g/mol. The van der Waals surface area contributed by atoms with Crippen molar-refractivity contribution in [1.82, 2.24) is 5.06 Å². The Bertz CT molecular complexity index is 308. The average Bonchev–Trinajstić information content (AvgIpc) is 2.14. The number of hydroxylamine groups is 2. The molecule has 0 aliphatic rings. The van der Waals surface area contributed by atoms with E-state index in [-0.39, 0.29) is 0 Å². The van der Waals surface area contributed by atoms with E-state index in [1.54, 1.807) is 24.3 Å². The van der Waals surface area contributed by atoms with E-state index in [1.807, 2.05) is 7.05 Å². The maximum Gasteiger partial charge on any atom is 0.0693 e. The maximum atomic E-state index is 5.88. The number of nitrogens with two attached hydrogens (primary N) is 1. The standard InChI is InChI=1S/C9H12Cl2N2O/c1-13(14-2)5-6-3-7(10)9(12)8(11)4-6/h3-4H,5,12H2,1-2H3. The highest BCUT2D eigenvalue weighted by atomic mass is 35.5. The Kier molecular flexibility index (Phi) is 4.01. The van der Waals surface area contributed by atoms with Crippen molar-refractivity contribution in [2.45, 2.75) is 6.54 Å². The first-order valence-corrected chi connectivity index (χ1v) is 4.79. The van der Waals surface area contributed by atoms with Crippen molar-refractivity contribution >= 4 is 28.9 Å². The molecule has 3 nitrogen and oxygen atoms in total. The lowest BCUT2D eigenvalue weighted by Crippen LogP contribution is -2.15. The molecule has 0 aliphatic heterocycles. The summed E-state index contributed by atoms with van der Waals surface area (Å²) in [5.41, 5.74) is 6.98. The fourth-order valence-corrected chi connectivity index (χ4v) is 1.58. The van der Waals surface area contributed by atoms with Crippen LogP contribution in [0.25, 0.3) is 0 Å². The van der Waals surface area contributed by atoms with Crippen LogP contribution in [-0.2, 0) is 11.4 Å². The summed E-state index contributed by atoms with van der Waals surface area (Å²) in [4.78, 5) is 4.98. The summed E-state index contributed by atoms with van der Waals surface area (Å²) in [6.45, 7) is 0.607. The maximum absolute atomic E-state index is 5.88. The minimum atomic E-state index is 0.414. The lowest BCUT2D eigenvalue weighted by atomic mass is 10.2. The molecule has 1 aromatic carbocycles. The molecule has 78 valence electrons. The van der Waals surface area contributed by atoms with Gasteiger partial charge >= 0.3 is 0 Å². The van der Waals surface area contributed by atoms with Crippen molar-refractivity contribution in [2.24, 2.45) is 0 Å². The van der Waals surface area contributed by atoms with Gasteiger partial charge in [-0.05, 0) is 17.7 Å². The molecule has 1 aromatic rings. The first-order valence-electron chi connectivity index (χ1n) is 4.03. The van der Waals surface area contributed by atoms with E-state index in [4.69, 9.17) is 33.8 Å². The molecule has 5 heteroatoms. The summed E-state index contributed by atoms with van der Waals surface area (Å²) in [7, 11) is 3.42. The summed E-state index contributed by atoms with van der Waals surface area (Å²) in [5, 5.41) is 2.60. The van der Waals surface area contributed by atoms with E-state index < -0.39 is 0 Å². The fraction of sp³-hybridized carbons (Fsp3) is 0.333. The van der Waals surface area contributed by atoms with Crippen molar-refractivity contribution in [2.75, 3.05) is 19.9 Å². The zero-order valence-electron chi connectivity index (χ0n) is 8.05. The number of hydrogen-bond donors (Lipinski definition) is 1. The Hall–Kier alpha value is -0.480. The normalized spacial score (nSPS) is 10.9. The molecule has 0 aliphatic carbocycles. The molecule has 0 atom stereocenters. The van der Waals surface area contributed by atoms with Crippen LogP contribution in [0.15, 0.2) is 12.1 Å². The lowest BCUT2D eigenvalue weighted by Gasteiger charge is -2.14. The van der Waals surface area contributed by atoms with Gasteiger partial charge in [0, 0.05) is 13.6 Å². The van der Waals surface area contributed by atoms with Gasteiger partial charge in [0.1, 0.15) is 0 Å². The molecule has 2 N–H and O–H groups in total. The van der Waals surface area contributed by atoms with E-state index in [1.165, 1.54) is 0 Å². The van der Waals surface area contributed by atoms with Crippen molar-refractivity contribution < 1.29 is 4.84 Å². The number of anilines is 1. The predicted octanol–water partition coefficient (Wildman–Crippen LogP) is 2.57. The van der Waals surface area contributed by atoms with Crippen LogP contribution in [0, 0.1) is 0 Å². The number of halogens is 2. The molecular formula is C9H12Cl2N2O. The summed E-state index contributed by atoms with van der Waals surface area (Å²) in [6.07, 6.45) is 0. The third kappa shape index (κ3) is 2.75. The molecule has 0 heterocycles. The van der Waals surface area contributed by atoms with Crippen LogP contribution >= 0.6 is 23.2 Å². The highest BCUT2D eigenvalue weighted by Gasteiger charge is 2.06. The number of benzene rings is 1. The summed E-state index contributed by atoms with van der Waals surface area (Å²) < 4.78 is 0. The van der Waals surface area contributed by atoms with E-state index in [0.717, 1.165) is 5.56 Å². The molecule has 0 spiro atoms. The van der Waals surface area contributed by atoms with Gasteiger partial charge in [0.15, 0.2) is 0 Å². The Morgan fingerprint density at radius 2 is 1.86 bits per heavy atom. The first-order chi connectivity index (χ1) is 6.54. The van der Waals surface area contributed by atoms with Gasteiger partial charge in [-0.25, -0.2) is 0 Å². The SMILES string of the molecule is CON(C)Cc1cc(Cl)c(N)c(Cl)c1. The third-order valence-electron chi connectivity index (χ3n) is 1.86. The van der Waals surface area contributed by atoms with Gasteiger partial charge < -0.3 is 10.6 Å². The Balaban J connectivity index is 2.89. The van der Waals surface area contributed by atoms with Crippen LogP contribution in [0.3, 0.4) is 0 Å². The Morgan fingerprint density at radius 1 is 1.36 bits per heavy atom. The van der Waals surface area contributed by atoms with E-state index in [2.05, 4.69) is 0 Å². The molecule has 14 heavy (non-hydrogen) atoms. The second-order valence-electron chi connectivity index (χ2n) is 2.94. The van der Waals surface area contributed by atoms with Crippen LogP contribution in [0.4, 0.5) is 5.69 Å². The van der Waals surface area contributed by atoms with Crippen LogP contribution in [0.2, 0.25) is 10.0 Å². The second-order valence-corrected chi connectivity index (χ2v) is 3.76. The molecule has 0 amide bonds. The minimum absolute atomic E-state index is 0.414. The molecule has 0 radical (unpaired) electrons. The Labute approximate surface area is 93.3 Å². The topological polar surface area (TPSA) is 38.5 Å². The predicted molar refractivity (Wildman–Crippen MR) is 59.4 cm³/mol. The number of nitrogen functional groups attached to an aromatic ring is 1. The van der Waals surface area contributed by atoms with Crippen LogP contribution in [0.5, 0.6) is 0 Å². The van der Waals surface area contributed by atoms with Crippen LogP contribution in [-0.4, -0.2) is 19.2 Å². The van der Waals surface area contributed by atoms with Gasteiger partial charge in [0.25, 0.3) is 0 Å².